The summed E-state index contributed by atoms with van der Waals surface area (Å²) in [5, 5.41) is 0. The molecule has 0 radical (unpaired) electrons. The van der Waals surface area contributed by atoms with Gasteiger partial charge in [0.2, 0.25) is 5.91 Å². The summed E-state index contributed by atoms with van der Waals surface area (Å²) in [4.78, 5) is 25.8. The second kappa shape index (κ2) is 5.34. The molecule has 0 aliphatic heterocycles. The van der Waals surface area contributed by atoms with Crippen LogP contribution in [0.5, 0.6) is 0 Å². The molecule has 0 unspecified atom stereocenters. The molecule has 1 aromatic rings. The largest absolute Gasteiger partial charge is 0.378 e. The van der Waals surface area contributed by atoms with Crippen molar-refractivity contribution in [2.45, 2.75) is 0 Å². The van der Waals surface area contributed by atoms with Gasteiger partial charge < -0.3 is 15.5 Å². The van der Waals surface area contributed by atoms with E-state index in [4.69, 9.17) is 5.73 Å². The van der Waals surface area contributed by atoms with Crippen molar-refractivity contribution in [3.05, 3.63) is 29.8 Å². The number of benzene rings is 1. The third-order valence-corrected chi connectivity index (χ3v) is 2.37. The average Bonchev–Trinajstić information content (AvgIpc) is 2.27. The van der Waals surface area contributed by atoms with Crippen LogP contribution in [0.2, 0.25) is 0 Å². The van der Waals surface area contributed by atoms with Crippen LogP contribution >= 0.6 is 0 Å². The minimum Gasteiger partial charge on any atom is -0.378 e. The van der Waals surface area contributed by atoms with E-state index in [0.717, 1.165) is 5.69 Å². The van der Waals surface area contributed by atoms with Crippen LogP contribution in [0.15, 0.2) is 24.3 Å². The lowest BCUT2D eigenvalue weighted by molar-refractivity contribution is -0.118. The monoisotopic (exact) mass is 235 g/mol. The maximum atomic E-state index is 11.9. The maximum Gasteiger partial charge on any atom is 0.254 e. The maximum absolute atomic E-state index is 11.9. The van der Waals surface area contributed by atoms with Gasteiger partial charge in [-0.05, 0) is 24.3 Å². The predicted molar refractivity (Wildman–Crippen MR) is 66.9 cm³/mol. The van der Waals surface area contributed by atoms with Gasteiger partial charge in [-0.1, -0.05) is 0 Å². The van der Waals surface area contributed by atoms with E-state index in [1.165, 1.54) is 4.90 Å². The molecule has 0 heterocycles. The number of hydrogen-bond acceptors (Lipinski definition) is 3. The molecule has 0 aromatic heterocycles. The molecule has 1 aromatic carbocycles. The standard InChI is InChI=1S/C12H17N3O2/c1-14(2)10-6-4-9(5-7-10)12(17)15(3)8-11(13)16/h4-7H,8H2,1-3H3,(H2,13,16). The van der Waals surface area contributed by atoms with E-state index in [0.29, 0.717) is 5.56 Å². The van der Waals surface area contributed by atoms with Gasteiger partial charge in [0.1, 0.15) is 0 Å². The summed E-state index contributed by atoms with van der Waals surface area (Å²) in [5.41, 5.74) is 6.59. The molecule has 1 rings (SSSR count). The van der Waals surface area contributed by atoms with Crippen molar-refractivity contribution in [2.75, 3.05) is 32.6 Å². The number of nitrogens with two attached hydrogens (primary N) is 1. The zero-order valence-corrected chi connectivity index (χ0v) is 10.3. The van der Waals surface area contributed by atoms with Gasteiger partial charge in [0.05, 0.1) is 6.54 Å². The molecule has 17 heavy (non-hydrogen) atoms. The molecule has 0 bridgehead atoms. The molecule has 2 N–H and O–H groups in total. The van der Waals surface area contributed by atoms with E-state index in [2.05, 4.69) is 0 Å². The van der Waals surface area contributed by atoms with E-state index < -0.39 is 5.91 Å². The molecule has 5 heteroatoms. The number of nitrogens with zero attached hydrogens (tertiary/aromatic N) is 2. The molecule has 92 valence electrons. The normalized spacial score (nSPS) is 9.82. The van der Waals surface area contributed by atoms with Crippen LogP contribution < -0.4 is 10.6 Å². The highest BCUT2D eigenvalue weighted by atomic mass is 16.2. The van der Waals surface area contributed by atoms with Gasteiger partial charge in [-0.15, -0.1) is 0 Å². The Hall–Kier alpha value is -2.04. The number of carbonyl (C=O) groups is 2. The van der Waals surface area contributed by atoms with Crippen LogP contribution in [0.1, 0.15) is 10.4 Å². The quantitative estimate of drug-likeness (QED) is 0.816. The van der Waals surface area contributed by atoms with Gasteiger partial charge in [-0.25, -0.2) is 0 Å². The van der Waals surface area contributed by atoms with Crippen molar-refractivity contribution in [1.29, 1.82) is 0 Å². The van der Waals surface area contributed by atoms with Crippen molar-refractivity contribution < 1.29 is 9.59 Å². The number of rotatable bonds is 4. The van der Waals surface area contributed by atoms with Gasteiger partial charge in [0, 0.05) is 32.4 Å². The summed E-state index contributed by atoms with van der Waals surface area (Å²) in [5.74, 6) is -0.736. The van der Waals surface area contributed by atoms with Crippen LogP contribution in [-0.4, -0.2) is 44.4 Å². The Morgan fingerprint density at radius 2 is 1.65 bits per heavy atom. The fraction of sp³-hybridized carbons (Fsp3) is 0.333. The minimum absolute atomic E-state index is 0.0751. The van der Waals surface area contributed by atoms with Gasteiger partial charge in [0.25, 0.3) is 5.91 Å². The first-order valence-electron chi connectivity index (χ1n) is 5.23. The first-order valence-corrected chi connectivity index (χ1v) is 5.23. The Bertz CT molecular complexity index is 412. The summed E-state index contributed by atoms with van der Waals surface area (Å²) in [6.07, 6.45) is 0. The fourth-order valence-corrected chi connectivity index (χ4v) is 1.43. The highest BCUT2D eigenvalue weighted by Crippen LogP contribution is 2.13. The van der Waals surface area contributed by atoms with Gasteiger partial charge in [-0.2, -0.15) is 0 Å². The Labute approximate surface area is 101 Å². The van der Waals surface area contributed by atoms with E-state index in [1.807, 2.05) is 31.1 Å². The second-order valence-electron chi connectivity index (χ2n) is 4.07. The molecule has 0 spiro atoms. The lowest BCUT2D eigenvalue weighted by atomic mass is 10.2. The minimum atomic E-state index is -0.522. The van der Waals surface area contributed by atoms with Crippen LogP contribution in [0.4, 0.5) is 5.69 Å². The molecule has 0 saturated heterocycles. The summed E-state index contributed by atoms with van der Waals surface area (Å²) in [6, 6.07) is 7.17. The van der Waals surface area contributed by atoms with E-state index in [-0.39, 0.29) is 12.5 Å². The number of hydrogen-bond donors (Lipinski definition) is 1. The molecule has 0 aliphatic carbocycles. The third-order valence-electron chi connectivity index (χ3n) is 2.37. The number of anilines is 1. The summed E-state index contributed by atoms with van der Waals surface area (Å²) < 4.78 is 0. The molecule has 0 atom stereocenters. The van der Waals surface area contributed by atoms with Gasteiger partial charge in [0.15, 0.2) is 0 Å². The molecule has 5 nitrogen and oxygen atoms in total. The van der Waals surface area contributed by atoms with Crippen LogP contribution in [-0.2, 0) is 4.79 Å². The number of primary amides is 1. The summed E-state index contributed by atoms with van der Waals surface area (Å²) in [7, 11) is 5.40. The van der Waals surface area contributed by atoms with Crippen LogP contribution in [0, 0.1) is 0 Å². The zero-order valence-electron chi connectivity index (χ0n) is 10.3. The smallest absolute Gasteiger partial charge is 0.254 e. The number of likely N-dealkylation sites (N-methyl/N-ethyl adjacent to an activating group) is 1. The van der Waals surface area contributed by atoms with E-state index >= 15 is 0 Å². The first kappa shape index (κ1) is 13.0. The van der Waals surface area contributed by atoms with Crippen molar-refractivity contribution in [1.82, 2.24) is 4.90 Å². The van der Waals surface area contributed by atoms with E-state index in [9.17, 15) is 9.59 Å². The third kappa shape index (κ3) is 3.48. The highest BCUT2D eigenvalue weighted by molar-refractivity contribution is 5.96. The fourth-order valence-electron chi connectivity index (χ4n) is 1.43. The molecule has 0 saturated carbocycles. The van der Waals surface area contributed by atoms with Gasteiger partial charge >= 0.3 is 0 Å². The molecule has 2 amide bonds. The van der Waals surface area contributed by atoms with Crippen LogP contribution in [0.25, 0.3) is 0 Å². The zero-order chi connectivity index (χ0) is 13.0. The first-order chi connectivity index (χ1) is 7.91. The van der Waals surface area contributed by atoms with Gasteiger partial charge in [-0.3, -0.25) is 9.59 Å². The Balaban J connectivity index is 2.79. The Morgan fingerprint density at radius 3 is 2.06 bits per heavy atom. The molecular weight excluding hydrogens is 218 g/mol. The van der Waals surface area contributed by atoms with Crippen molar-refractivity contribution in [2.24, 2.45) is 5.73 Å². The second-order valence-corrected chi connectivity index (χ2v) is 4.07. The summed E-state index contributed by atoms with van der Waals surface area (Å²) >= 11 is 0. The summed E-state index contributed by atoms with van der Waals surface area (Å²) in [6.45, 7) is -0.0751. The average molecular weight is 235 g/mol. The van der Waals surface area contributed by atoms with Crippen molar-refractivity contribution in [3.8, 4) is 0 Å². The lowest BCUT2D eigenvalue weighted by Gasteiger charge is -2.16. The lowest BCUT2D eigenvalue weighted by Crippen LogP contribution is -2.35. The van der Waals surface area contributed by atoms with Crippen molar-refractivity contribution in [3.63, 3.8) is 0 Å². The topological polar surface area (TPSA) is 66.6 Å². The highest BCUT2D eigenvalue weighted by Gasteiger charge is 2.13. The SMILES string of the molecule is CN(CC(N)=O)C(=O)c1ccc(N(C)C)cc1. The molecular formula is C12H17N3O2. The molecule has 0 fully saturated rings. The van der Waals surface area contributed by atoms with Crippen LogP contribution in [0.3, 0.4) is 0 Å². The molecule has 0 aliphatic rings. The Morgan fingerprint density at radius 1 is 1.12 bits per heavy atom. The Kier molecular flexibility index (Phi) is 4.09. The van der Waals surface area contributed by atoms with Crippen molar-refractivity contribution >= 4 is 17.5 Å². The number of carbonyl (C=O) groups excluding carboxylic acids is 2. The van der Waals surface area contributed by atoms with E-state index in [1.54, 1.807) is 19.2 Å². The predicted octanol–water partition coefficient (Wildman–Crippen LogP) is 0.310. The number of amides is 2.